The maximum atomic E-state index is 11.9. The first-order valence-corrected chi connectivity index (χ1v) is 5.58. The summed E-state index contributed by atoms with van der Waals surface area (Å²) in [5.74, 6) is -0.263. The van der Waals surface area contributed by atoms with E-state index in [1.807, 2.05) is 0 Å². The molecule has 1 N–H and O–H groups in total. The van der Waals surface area contributed by atoms with Crippen molar-refractivity contribution in [3.63, 3.8) is 0 Å². The lowest BCUT2D eigenvalue weighted by Gasteiger charge is -2.21. The van der Waals surface area contributed by atoms with E-state index in [4.69, 9.17) is 4.74 Å². The van der Waals surface area contributed by atoms with Crippen LogP contribution in [0.5, 0.6) is 0 Å². The van der Waals surface area contributed by atoms with Crippen LogP contribution in [-0.2, 0) is 4.74 Å². The van der Waals surface area contributed by atoms with Crippen LogP contribution in [0.25, 0.3) is 0 Å². The molecule has 6 heteroatoms. The van der Waals surface area contributed by atoms with Crippen LogP contribution in [-0.4, -0.2) is 33.5 Å². The molecule has 0 aromatic carbocycles. The van der Waals surface area contributed by atoms with Gasteiger partial charge < -0.3 is 10.1 Å². The Labute approximate surface area is 106 Å². The molecule has 0 spiro atoms. The summed E-state index contributed by atoms with van der Waals surface area (Å²) in [6.45, 7) is 6.84. The molecule has 1 amide bonds. The summed E-state index contributed by atoms with van der Waals surface area (Å²) in [5.41, 5.74) is -0.246. The highest BCUT2D eigenvalue weighted by Crippen LogP contribution is 2.07. The quantitative estimate of drug-likeness (QED) is 0.825. The number of carbonyl (C=O) groups is 2. The van der Waals surface area contributed by atoms with Gasteiger partial charge in [-0.15, -0.1) is 0 Å². The average molecular weight is 251 g/mol. The van der Waals surface area contributed by atoms with Gasteiger partial charge in [0.15, 0.2) is 5.78 Å². The second kappa shape index (κ2) is 5.57. The Kier molecular flexibility index (Phi) is 4.36. The Morgan fingerprint density at radius 3 is 2.33 bits per heavy atom. The monoisotopic (exact) mass is 251 g/mol. The van der Waals surface area contributed by atoms with E-state index in [-0.39, 0.29) is 5.78 Å². The van der Waals surface area contributed by atoms with Crippen LogP contribution in [0, 0.1) is 0 Å². The standard InChI is InChI=1S/C12H17N3O3/c1-8(15-11(17)18-12(2,3)4)10(16)9-5-13-7-14-6-9/h5-8H,1-4H3,(H,15,17)/t8-/m1/s1. The van der Waals surface area contributed by atoms with Crippen molar-refractivity contribution in [2.45, 2.75) is 39.3 Å². The molecule has 0 unspecified atom stereocenters. The molecule has 1 heterocycles. The van der Waals surface area contributed by atoms with Crippen molar-refractivity contribution in [2.24, 2.45) is 0 Å². The summed E-state index contributed by atoms with van der Waals surface area (Å²) in [5, 5.41) is 2.47. The van der Waals surface area contributed by atoms with Gasteiger partial charge in [-0.3, -0.25) is 4.79 Å². The molecule has 1 aromatic rings. The minimum Gasteiger partial charge on any atom is -0.444 e. The number of rotatable bonds is 3. The van der Waals surface area contributed by atoms with Gasteiger partial charge in [-0.1, -0.05) is 0 Å². The minimum absolute atomic E-state index is 0.263. The third-order valence-electron chi connectivity index (χ3n) is 1.97. The molecule has 0 fully saturated rings. The maximum Gasteiger partial charge on any atom is 0.408 e. The predicted molar refractivity (Wildman–Crippen MR) is 65.2 cm³/mol. The Balaban J connectivity index is 2.59. The molecule has 98 valence electrons. The minimum atomic E-state index is -0.689. The smallest absolute Gasteiger partial charge is 0.408 e. The molecular weight excluding hydrogens is 234 g/mol. The van der Waals surface area contributed by atoms with Crippen LogP contribution in [0.4, 0.5) is 4.79 Å². The first-order valence-electron chi connectivity index (χ1n) is 5.58. The lowest BCUT2D eigenvalue weighted by atomic mass is 10.1. The van der Waals surface area contributed by atoms with Gasteiger partial charge in [0, 0.05) is 12.4 Å². The van der Waals surface area contributed by atoms with E-state index in [9.17, 15) is 9.59 Å². The van der Waals surface area contributed by atoms with Crippen molar-refractivity contribution in [1.82, 2.24) is 15.3 Å². The van der Waals surface area contributed by atoms with Gasteiger partial charge in [-0.05, 0) is 27.7 Å². The van der Waals surface area contributed by atoms with Crippen LogP contribution in [0.15, 0.2) is 18.7 Å². The highest BCUT2D eigenvalue weighted by Gasteiger charge is 2.21. The van der Waals surface area contributed by atoms with Gasteiger partial charge in [0.1, 0.15) is 11.9 Å². The summed E-state index contributed by atoms with van der Waals surface area (Å²) >= 11 is 0. The Hall–Kier alpha value is -1.98. The van der Waals surface area contributed by atoms with Crippen molar-refractivity contribution in [3.8, 4) is 0 Å². The van der Waals surface area contributed by atoms with Gasteiger partial charge in [0.2, 0.25) is 0 Å². The van der Waals surface area contributed by atoms with E-state index >= 15 is 0 Å². The Bertz CT molecular complexity index is 426. The molecule has 0 saturated carbocycles. The second-order valence-electron chi connectivity index (χ2n) is 4.86. The molecule has 0 aliphatic heterocycles. The number of ketones is 1. The van der Waals surface area contributed by atoms with E-state index < -0.39 is 17.7 Å². The van der Waals surface area contributed by atoms with E-state index in [0.29, 0.717) is 5.56 Å². The predicted octanol–water partition coefficient (Wildman–Crippen LogP) is 1.57. The number of Topliss-reactive ketones (excluding diaryl/α,β-unsaturated/α-hetero) is 1. The lowest BCUT2D eigenvalue weighted by molar-refractivity contribution is 0.0496. The summed E-state index contributed by atoms with van der Waals surface area (Å²) in [6.07, 6.45) is 3.52. The number of nitrogens with zero attached hydrogens (tertiary/aromatic N) is 2. The fourth-order valence-corrected chi connectivity index (χ4v) is 1.23. The third-order valence-corrected chi connectivity index (χ3v) is 1.97. The second-order valence-corrected chi connectivity index (χ2v) is 4.86. The molecule has 1 rings (SSSR count). The number of hydrogen-bond acceptors (Lipinski definition) is 5. The maximum absolute atomic E-state index is 11.9. The van der Waals surface area contributed by atoms with Crippen LogP contribution in [0.2, 0.25) is 0 Å². The van der Waals surface area contributed by atoms with E-state index in [2.05, 4.69) is 15.3 Å². The first-order chi connectivity index (χ1) is 8.29. The molecular formula is C12H17N3O3. The van der Waals surface area contributed by atoms with Crippen LogP contribution >= 0.6 is 0 Å². The zero-order valence-electron chi connectivity index (χ0n) is 10.9. The summed E-state index contributed by atoms with van der Waals surface area (Å²) in [6, 6.07) is -0.689. The number of ether oxygens (including phenoxy) is 1. The summed E-state index contributed by atoms with van der Waals surface area (Å²) in [7, 11) is 0. The average Bonchev–Trinajstić information content (AvgIpc) is 2.26. The van der Waals surface area contributed by atoms with Gasteiger partial charge in [-0.25, -0.2) is 14.8 Å². The number of alkyl carbamates (subject to hydrolysis) is 1. The molecule has 6 nitrogen and oxygen atoms in total. The van der Waals surface area contributed by atoms with Crippen LogP contribution in [0.3, 0.4) is 0 Å². The van der Waals surface area contributed by atoms with Gasteiger partial charge in [0.05, 0.1) is 11.6 Å². The molecule has 0 aliphatic rings. The van der Waals surface area contributed by atoms with Crippen molar-refractivity contribution in [2.75, 3.05) is 0 Å². The SMILES string of the molecule is C[C@@H](NC(=O)OC(C)(C)C)C(=O)c1cncnc1. The third kappa shape index (κ3) is 4.48. The van der Waals surface area contributed by atoms with Crippen molar-refractivity contribution in [3.05, 3.63) is 24.3 Å². The van der Waals surface area contributed by atoms with Gasteiger partial charge in [0.25, 0.3) is 0 Å². The largest absolute Gasteiger partial charge is 0.444 e. The van der Waals surface area contributed by atoms with E-state index in [1.165, 1.54) is 18.7 Å². The van der Waals surface area contributed by atoms with Crippen LogP contribution < -0.4 is 5.32 Å². The molecule has 1 aromatic heterocycles. The molecule has 0 saturated heterocycles. The fraction of sp³-hybridized carbons (Fsp3) is 0.500. The number of carbonyl (C=O) groups excluding carboxylic acids is 2. The topological polar surface area (TPSA) is 81.2 Å². The number of aromatic nitrogens is 2. The number of nitrogens with one attached hydrogen (secondary N) is 1. The summed E-state index contributed by atoms with van der Waals surface area (Å²) in [4.78, 5) is 30.9. The van der Waals surface area contributed by atoms with Crippen molar-refractivity contribution < 1.29 is 14.3 Å². The Morgan fingerprint density at radius 1 is 1.28 bits per heavy atom. The fourth-order valence-electron chi connectivity index (χ4n) is 1.23. The van der Waals surface area contributed by atoms with Crippen molar-refractivity contribution in [1.29, 1.82) is 0 Å². The van der Waals surface area contributed by atoms with E-state index in [1.54, 1.807) is 27.7 Å². The Morgan fingerprint density at radius 2 is 1.83 bits per heavy atom. The van der Waals surface area contributed by atoms with E-state index in [0.717, 1.165) is 0 Å². The van der Waals surface area contributed by atoms with Crippen molar-refractivity contribution >= 4 is 11.9 Å². The molecule has 0 bridgehead atoms. The van der Waals surface area contributed by atoms with Gasteiger partial charge in [-0.2, -0.15) is 0 Å². The molecule has 1 atom stereocenters. The molecule has 0 radical (unpaired) electrons. The first kappa shape index (κ1) is 14.1. The highest BCUT2D eigenvalue weighted by atomic mass is 16.6. The van der Waals surface area contributed by atoms with Crippen LogP contribution in [0.1, 0.15) is 38.1 Å². The van der Waals surface area contributed by atoms with Gasteiger partial charge >= 0.3 is 6.09 Å². The zero-order valence-corrected chi connectivity index (χ0v) is 10.9. The highest BCUT2D eigenvalue weighted by molar-refractivity contribution is 6.00. The lowest BCUT2D eigenvalue weighted by Crippen LogP contribution is -2.41. The molecule has 0 aliphatic carbocycles. The number of hydrogen-bond donors (Lipinski definition) is 1. The number of amides is 1. The molecule has 18 heavy (non-hydrogen) atoms. The zero-order chi connectivity index (χ0) is 13.8. The summed E-state index contributed by atoms with van der Waals surface area (Å²) < 4.78 is 5.06. The normalized spacial score (nSPS) is 12.7.